The van der Waals surface area contributed by atoms with E-state index in [4.69, 9.17) is 0 Å². The van der Waals surface area contributed by atoms with Crippen LogP contribution in [0.25, 0.3) is 0 Å². The van der Waals surface area contributed by atoms with Crippen molar-refractivity contribution in [3.63, 3.8) is 0 Å². The number of rotatable bonds is 0. The maximum Gasteiger partial charge on any atom is 0.139 e. The molecule has 0 aliphatic heterocycles. The van der Waals surface area contributed by atoms with Gasteiger partial charge in [-0.15, -0.1) is 0 Å². The lowest BCUT2D eigenvalue weighted by Gasteiger charge is -2.56. The van der Waals surface area contributed by atoms with Crippen LogP contribution in [0.1, 0.15) is 65.2 Å². The van der Waals surface area contributed by atoms with Crippen LogP contribution in [-0.2, 0) is 4.79 Å². The average Bonchev–Trinajstić information content (AvgIpc) is 2.76. The number of aliphatic hydroxyl groups excluding tert-OH is 1. The van der Waals surface area contributed by atoms with Gasteiger partial charge in [-0.3, -0.25) is 4.79 Å². The van der Waals surface area contributed by atoms with E-state index in [0.717, 1.165) is 50.9 Å². The predicted octanol–water partition coefficient (Wildman–Crippen LogP) is 3.88. The van der Waals surface area contributed by atoms with Gasteiger partial charge in [-0.1, -0.05) is 25.5 Å². The van der Waals surface area contributed by atoms with E-state index < -0.39 is 0 Å². The Morgan fingerprint density at radius 1 is 1.10 bits per heavy atom. The summed E-state index contributed by atoms with van der Waals surface area (Å²) >= 11 is 0. The van der Waals surface area contributed by atoms with Gasteiger partial charge in [0.05, 0.1) is 6.10 Å². The van der Waals surface area contributed by atoms with Crippen LogP contribution in [0, 0.1) is 28.6 Å². The molecule has 21 heavy (non-hydrogen) atoms. The Balaban J connectivity index is 1.69. The van der Waals surface area contributed by atoms with E-state index in [1.165, 1.54) is 12.0 Å². The molecule has 0 aromatic rings. The Kier molecular flexibility index (Phi) is 2.96. The fourth-order valence-electron chi connectivity index (χ4n) is 6.41. The Labute approximate surface area is 128 Å². The summed E-state index contributed by atoms with van der Waals surface area (Å²) in [7, 11) is 0. The molecule has 0 aromatic heterocycles. The lowest BCUT2D eigenvalue weighted by atomic mass is 9.48. The third-order valence-corrected chi connectivity index (χ3v) is 7.79. The molecule has 4 aliphatic rings. The van der Waals surface area contributed by atoms with Crippen molar-refractivity contribution in [1.82, 2.24) is 0 Å². The molecule has 4 rings (SSSR count). The molecule has 0 bridgehead atoms. The molecule has 3 fully saturated rings. The van der Waals surface area contributed by atoms with Crippen LogP contribution in [0.4, 0.5) is 0 Å². The second-order valence-electron chi connectivity index (χ2n) is 8.57. The van der Waals surface area contributed by atoms with Crippen LogP contribution in [0.2, 0.25) is 0 Å². The molecule has 0 radical (unpaired) electrons. The Morgan fingerprint density at radius 2 is 1.81 bits per heavy atom. The van der Waals surface area contributed by atoms with Crippen LogP contribution in [0.3, 0.4) is 0 Å². The van der Waals surface area contributed by atoms with Gasteiger partial charge in [-0.25, -0.2) is 0 Å². The zero-order valence-corrected chi connectivity index (χ0v) is 13.4. The van der Waals surface area contributed by atoms with Crippen molar-refractivity contribution < 1.29 is 9.90 Å². The Hall–Kier alpha value is -0.630. The van der Waals surface area contributed by atoms with Gasteiger partial charge in [0.15, 0.2) is 0 Å². The number of Topliss-reactive ketones (excluding diaryl/α,β-unsaturated/α-hetero) is 1. The maximum absolute atomic E-state index is 12.4. The van der Waals surface area contributed by atoms with Crippen LogP contribution < -0.4 is 0 Å². The first-order valence-corrected chi connectivity index (χ1v) is 8.86. The minimum Gasteiger partial charge on any atom is -0.393 e. The summed E-state index contributed by atoms with van der Waals surface area (Å²) in [5, 5.41) is 10.00. The molecule has 0 spiro atoms. The number of carbonyl (C=O) groups is 1. The summed E-state index contributed by atoms with van der Waals surface area (Å²) in [6, 6.07) is 0. The van der Waals surface area contributed by atoms with Crippen LogP contribution in [0.5, 0.6) is 0 Å². The quantitative estimate of drug-likeness (QED) is 0.687. The van der Waals surface area contributed by atoms with Crippen molar-refractivity contribution in [2.75, 3.05) is 0 Å². The molecule has 116 valence electrons. The lowest BCUT2D eigenvalue weighted by molar-refractivity contribution is -0.132. The molecule has 6 atom stereocenters. The number of hydrogen-bond donors (Lipinski definition) is 1. The van der Waals surface area contributed by atoms with E-state index >= 15 is 0 Å². The van der Waals surface area contributed by atoms with E-state index in [1.807, 2.05) is 0 Å². The molecule has 0 amide bonds. The van der Waals surface area contributed by atoms with Crippen molar-refractivity contribution in [1.29, 1.82) is 0 Å². The van der Waals surface area contributed by atoms with Gasteiger partial charge >= 0.3 is 0 Å². The number of carbonyl (C=O) groups excluding carboxylic acids is 1. The van der Waals surface area contributed by atoms with Gasteiger partial charge in [0, 0.05) is 11.8 Å². The number of ketones is 1. The van der Waals surface area contributed by atoms with Crippen molar-refractivity contribution in [2.45, 2.75) is 71.3 Å². The van der Waals surface area contributed by atoms with Crippen LogP contribution in [-0.4, -0.2) is 17.0 Å². The fraction of sp³-hybridized carbons (Fsp3) is 0.842. The summed E-state index contributed by atoms with van der Waals surface area (Å²) in [5.41, 5.74) is 1.81. The van der Waals surface area contributed by atoms with Gasteiger partial charge < -0.3 is 5.11 Å². The van der Waals surface area contributed by atoms with Gasteiger partial charge in [-0.05, 0) is 68.1 Å². The molecule has 1 N–H and O–H groups in total. The minimum atomic E-state index is -0.122. The number of hydrogen-bond acceptors (Lipinski definition) is 2. The summed E-state index contributed by atoms with van der Waals surface area (Å²) < 4.78 is 0. The SMILES string of the molecule is CC12CCC3C(CC=C4CC(O)CC[C@@]43C)C1CCC2=O. The second kappa shape index (κ2) is 4.44. The topological polar surface area (TPSA) is 37.3 Å². The smallest absolute Gasteiger partial charge is 0.139 e. The molecule has 3 saturated carbocycles. The summed E-state index contributed by atoms with van der Waals surface area (Å²) in [5.74, 6) is 2.60. The first kappa shape index (κ1) is 14.0. The molecular weight excluding hydrogens is 260 g/mol. The van der Waals surface area contributed by atoms with Crippen LogP contribution in [0.15, 0.2) is 11.6 Å². The number of fused-ring (bicyclic) bond motifs is 5. The van der Waals surface area contributed by atoms with E-state index in [2.05, 4.69) is 19.9 Å². The largest absolute Gasteiger partial charge is 0.393 e. The number of allylic oxidation sites excluding steroid dienone is 1. The fourth-order valence-corrected chi connectivity index (χ4v) is 6.41. The highest BCUT2D eigenvalue weighted by molar-refractivity contribution is 5.87. The molecule has 0 aromatic carbocycles. The number of aliphatic hydroxyl groups is 1. The molecule has 2 heteroatoms. The minimum absolute atomic E-state index is 0.0168. The van der Waals surface area contributed by atoms with E-state index in [9.17, 15) is 9.90 Å². The zero-order chi connectivity index (χ0) is 14.8. The van der Waals surface area contributed by atoms with Crippen molar-refractivity contribution in [2.24, 2.45) is 28.6 Å². The Bertz CT molecular complexity index is 508. The summed E-state index contributed by atoms with van der Waals surface area (Å²) in [6.07, 6.45) is 10.7. The summed E-state index contributed by atoms with van der Waals surface area (Å²) in [6.45, 7) is 4.69. The van der Waals surface area contributed by atoms with E-state index in [-0.39, 0.29) is 11.5 Å². The van der Waals surface area contributed by atoms with E-state index in [0.29, 0.717) is 23.0 Å². The van der Waals surface area contributed by atoms with Crippen LogP contribution >= 0.6 is 0 Å². The van der Waals surface area contributed by atoms with Gasteiger partial charge in [0.25, 0.3) is 0 Å². The average molecular weight is 288 g/mol. The van der Waals surface area contributed by atoms with E-state index in [1.54, 1.807) is 0 Å². The van der Waals surface area contributed by atoms with Gasteiger partial charge in [0.1, 0.15) is 5.78 Å². The highest BCUT2D eigenvalue weighted by Gasteiger charge is 2.58. The molecular formula is C19H28O2. The summed E-state index contributed by atoms with van der Waals surface area (Å²) in [4.78, 5) is 12.4. The highest BCUT2D eigenvalue weighted by atomic mass is 16.3. The van der Waals surface area contributed by atoms with Gasteiger partial charge in [0.2, 0.25) is 0 Å². The lowest BCUT2D eigenvalue weighted by Crippen LogP contribution is -2.50. The molecule has 2 nitrogen and oxygen atoms in total. The second-order valence-corrected chi connectivity index (χ2v) is 8.57. The predicted molar refractivity (Wildman–Crippen MR) is 82.7 cm³/mol. The zero-order valence-electron chi connectivity index (χ0n) is 13.4. The highest BCUT2D eigenvalue weighted by Crippen LogP contribution is 2.63. The van der Waals surface area contributed by atoms with Gasteiger partial charge in [-0.2, -0.15) is 0 Å². The first-order chi connectivity index (χ1) is 9.95. The Morgan fingerprint density at radius 3 is 2.62 bits per heavy atom. The van der Waals surface area contributed by atoms with Crippen molar-refractivity contribution >= 4 is 5.78 Å². The van der Waals surface area contributed by atoms with Crippen molar-refractivity contribution in [3.8, 4) is 0 Å². The molecule has 5 unspecified atom stereocenters. The molecule has 0 heterocycles. The third kappa shape index (κ3) is 1.78. The molecule has 4 aliphatic carbocycles. The molecule has 0 saturated heterocycles. The standard InChI is InChI=1S/C19H28O2/c1-18-9-7-13(20)11-12(18)3-4-14-15-5-6-17(21)19(15,2)10-8-16(14)18/h3,13-16,20H,4-11H2,1-2H3/t13?,14?,15?,16?,18-,19?/m0/s1. The first-order valence-electron chi connectivity index (χ1n) is 8.86. The maximum atomic E-state index is 12.4. The monoisotopic (exact) mass is 288 g/mol. The normalized spacial score (nSPS) is 52.7. The van der Waals surface area contributed by atoms with Crippen molar-refractivity contribution in [3.05, 3.63) is 11.6 Å². The third-order valence-electron chi connectivity index (χ3n) is 7.79.